The molecule has 1 aliphatic heterocycles. The number of aliphatic hydroxyl groups excluding tert-OH is 2. The van der Waals surface area contributed by atoms with E-state index in [1.807, 2.05) is 18.2 Å². The van der Waals surface area contributed by atoms with E-state index in [0.717, 1.165) is 22.3 Å². The molecular formula is C24H20F3N7O4S. The number of halogens is 3. The van der Waals surface area contributed by atoms with Crippen molar-refractivity contribution in [3.63, 3.8) is 0 Å². The number of rotatable bonds is 6. The zero-order valence-corrected chi connectivity index (χ0v) is 20.9. The number of fused-ring (bicyclic) bond motifs is 1. The number of thiazole rings is 1. The monoisotopic (exact) mass is 559 g/mol. The van der Waals surface area contributed by atoms with Crippen molar-refractivity contribution in [1.82, 2.24) is 34.7 Å². The molecule has 0 spiro atoms. The number of hydrogen-bond acceptors (Lipinski definition) is 10. The van der Waals surface area contributed by atoms with E-state index in [1.165, 1.54) is 35.7 Å². The highest BCUT2D eigenvalue weighted by atomic mass is 32.1. The standard InChI is InChI=1S/C24H20F3N7O4S/c1-37-22-20(33-7-16(31-32-33)11-4-13(25)19(27)14(26)5-11)21(36)17(8-35)38-23(22)24-28-9-30-34(24)12-2-3-15-18(6-12)39-10-29-15/h2-7,9-10,17,20-23,35-36H,8H2,1H3/t17-,20+,21+,22-,23-/m1/s1. The normalized spacial score (nSPS) is 23.5. The molecule has 0 saturated carbocycles. The van der Waals surface area contributed by atoms with Crippen LogP contribution >= 0.6 is 11.3 Å². The van der Waals surface area contributed by atoms with E-state index in [1.54, 1.807) is 10.2 Å². The maximum atomic E-state index is 13.8. The Labute approximate surface area is 222 Å². The summed E-state index contributed by atoms with van der Waals surface area (Å²) in [7, 11) is 1.41. The Balaban J connectivity index is 1.39. The van der Waals surface area contributed by atoms with Crippen LogP contribution in [0, 0.1) is 17.5 Å². The second-order valence-corrected chi connectivity index (χ2v) is 9.72. The molecule has 15 heteroatoms. The molecule has 39 heavy (non-hydrogen) atoms. The Hall–Kier alpha value is -3.76. The number of benzene rings is 2. The predicted molar refractivity (Wildman–Crippen MR) is 130 cm³/mol. The maximum Gasteiger partial charge on any atom is 0.194 e. The first-order valence-electron chi connectivity index (χ1n) is 11.7. The molecular weight excluding hydrogens is 539 g/mol. The molecule has 1 aliphatic rings. The van der Waals surface area contributed by atoms with Crippen LogP contribution in [-0.4, -0.2) is 77.0 Å². The third-order valence-electron chi connectivity index (χ3n) is 6.62. The van der Waals surface area contributed by atoms with Gasteiger partial charge >= 0.3 is 0 Å². The van der Waals surface area contributed by atoms with Crippen molar-refractivity contribution in [3.05, 3.63) is 71.6 Å². The molecule has 3 aromatic heterocycles. The molecule has 1 saturated heterocycles. The Morgan fingerprint density at radius 1 is 1.13 bits per heavy atom. The summed E-state index contributed by atoms with van der Waals surface area (Å²) in [5.74, 6) is -4.02. The van der Waals surface area contributed by atoms with Crippen LogP contribution < -0.4 is 0 Å². The molecule has 4 heterocycles. The molecule has 2 N–H and O–H groups in total. The Kier molecular flexibility index (Phi) is 6.60. The number of aliphatic hydroxyl groups is 2. The smallest absolute Gasteiger partial charge is 0.194 e. The van der Waals surface area contributed by atoms with E-state index < -0.39 is 54.5 Å². The van der Waals surface area contributed by atoms with Crippen molar-refractivity contribution < 1.29 is 32.9 Å². The molecule has 5 aromatic rings. The average molecular weight is 560 g/mol. The minimum Gasteiger partial charge on any atom is -0.394 e. The SMILES string of the molecule is CO[C@@H]1[C@@H](n2cc(-c3cc(F)c(F)c(F)c3)nn2)[C@@H](O)[C@@H](CO)O[C@H]1c1ncnn1-c1ccc2ncsc2c1. The number of aromatic nitrogens is 7. The van der Waals surface area contributed by atoms with Crippen molar-refractivity contribution in [2.24, 2.45) is 0 Å². The fourth-order valence-corrected chi connectivity index (χ4v) is 5.46. The summed E-state index contributed by atoms with van der Waals surface area (Å²) >= 11 is 1.47. The largest absolute Gasteiger partial charge is 0.394 e. The lowest BCUT2D eigenvalue weighted by Crippen LogP contribution is -2.53. The third-order valence-corrected chi connectivity index (χ3v) is 7.41. The van der Waals surface area contributed by atoms with Crippen LogP contribution in [0.15, 0.2) is 48.4 Å². The fourth-order valence-electron chi connectivity index (χ4n) is 4.75. The lowest BCUT2D eigenvalue weighted by Gasteiger charge is -2.43. The van der Waals surface area contributed by atoms with Gasteiger partial charge in [-0.3, -0.25) is 0 Å². The topological polar surface area (TPSA) is 133 Å². The number of hydrogen-bond donors (Lipinski definition) is 2. The van der Waals surface area contributed by atoms with Gasteiger partial charge in [0.25, 0.3) is 0 Å². The molecule has 0 bridgehead atoms. The molecule has 0 radical (unpaired) electrons. The van der Waals surface area contributed by atoms with E-state index in [0.29, 0.717) is 11.5 Å². The van der Waals surface area contributed by atoms with Gasteiger partial charge in [0.1, 0.15) is 42.5 Å². The van der Waals surface area contributed by atoms with Gasteiger partial charge in [0.15, 0.2) is 23.3 Å². The summed E-state index contributed by atoms with van der Waals surface area (Å²) < 4.78 is 56.7. The molecule has 11 nitrogen and oxygen atoms in total. The van der Waals surface area contributed by atoms with Crippen LogP contribution in [0.2, 0.25) is 0 Å². The first kappa shape index (κ1) is 25.5. The van der Waals surface area contributed by atoms with Crippen LogP contribution in [0.3, 0.4) is 0 Å². The van der Waals surface area contributed by atoms with E-state index in [9.17, 15) is 23.4 Å². The van der Waals surface area contributed by atoms with Gasteiger partial charge in [0.05, 0.1) is 34.2 Å². The second kappa shape index (κ2) is 10.1. The first-order valence-corrected chi connectivity index (χ1v) is 12.5. The molecule has 2 aromatic carbocycles. The van der Waals surface area contributed by atoms with Crippen LogP contribution in [0.4, 0.5) is 13.2 Å². The van der Waals surface area contributed by atoms with Gasteiger partial charge in [0, 0.05) is 12.7 Å². The maximum absolute atomic E-state index is 13.8. The lowest BCUT2D eigenvalue weighted by molar-refractivity contribution is -0.217. The number of ether oxygens (including phenoxy) is 2. The van der Waals surface area contributed by atoms with Crippen molar-refractivity contribution in [2.75, 3.05) is 13.7 Å². The Bertz CT molecular complexity index is 1620. The Morgan fingerprint density at radius 3 is 2.67 bits per heavy atom. The van der Waals surface area contributed by atoms with Crippen LogP contribution in [-0.2, 0) is 9.47 Å². The fraction of sp³-hybridized carbons (Fsp3) is 0.292. The lowest BCUT2D eigenvalue weighted by atomic mass is 9.92. The highest BCUT2D eigenvalue weighted by Gasteiger charge is 2.49. The van der Waals surface area contributed by atoms with Crippen LogP contribution in [0.1, 0.15) is 18.0 Å². The zero-order chi connectivity index (χ0) is 27.3. The van der Waals surface area contributed by atoms with E-state index in [2.05, 4.69) is 25.4 Å². The summed E-state index contributed by atoms with van der Waals surface area (Å²) in [6.45, 7) is -0.540. The van der Waals surface area contributed by atoms with Gasteiger partial charge < -0.3 is 19.7 Å². The van der Waals surface area contributed by atoms with Crippen molar-refractivity contribution in [2.45, 2.75) is 30.5 Å². The number of methoxy groups -OCH3 is 1. The van der Waals surface area contributed by atoms with Crippen LogP contribution in [0.25, 0.3) is 27.2 Å². The van der Waals surface area contributed by atoms with Gasteiger partial charge in [-0.25, -0.2) is 32.5 Å². The summed E-state index contributed by atoms with van der Waals surface area (Å²) in [5, 5.41) is 33.5. The summed E-state index contributed by atoms with van der Waals surface area (Å²) in [4.78, 5) is 8.68. The molecule has 0 amide bonds. The van der Waals surface area contributed by atoms with Crippen molar-refractivity contribution in [3.8, 4) is 16.9 Å². The number of nitrogens with zero attached hydrogens (tertiary/aromatic N) is 7. The highest BCUT2D eigenvalue weighted by Crippen LogP contribution is 2.40. The van der Waals surface area contributed by atoms with Crippen molar-refractivity contribution >= 4 is 21.6 Å². The summed E-state index contributed by atoms with van der Waals surface area (Å²) in [5.41, 5.74) is 3.23. The van der Waals surface area contributed by atoms with E-state index in [-0.39, 0.29) is 11.3 Å². The zero-order valence-electron chi connectivity index (χ0n) is 20.1. The summed E-state index contributed by atoms with van der Waals surface area (Å²) in [6.07, 6.45) is -1.57. The predicted octanol–water partition coefficient (Wildman–Crippen LogP) is 2.60. The van der Waals surface area contributed by atoms with E-state index >= 15 is 0 Å². The minimum atomic E-state index is -1.60. The second-order valence-electron chi connectivity index (χ2n) is 8.83. The molecule has 202 valence electrons. The van der Waals surface area contributed by atoms with Gasteiger partial charge in [-0.2, -0.15) is 5.10 Å². The molecule has 0 unspecified atom stereocenters. The van der Waals surface area contributed by atoms with Gasteiger partial charge in [-0.1, -0.05) is 5.21 Å². The van der Waals surface area contributed by atoms with Crippen molar-refractivity contribution in [1.29, 1.82) is 0 Å². The molecule has 1 fully saturated rings. The summed E-state index contributed by atoms with van der Waals surface area (Å²) in [6, 6.07) is 6.19. The quantitative estimate of drug-likeness (QED) is 0.301. The van der Waals surface area contributed by atoms with E-state index in [4.69, 9.17) is 9.47 Å². The third kappa shape index (κ3) is 4.37. The Morgan fingerprint density at radius 2 is 1.92 bits per heavy atom. The minimum absolute atomic E-state index is 0.0273. The van der Waals surface area contributed by atoms with Gasteiger partial charge in [-0.05, 0) is 30.3 Å². The average Bonchev–Trinajstić information content (AvgIpc) is 3.71. The molecule has 6 rings (SSSR count). The highest BCUT2D eigenvalue weighted by molar-refractivity contribution is 7.16. The molecule has 5 atom stereocenters. The molecule has 0 aliphatic carbocycles. The van der Waals surface area contributed by atoms with Gasteiger partial charge in [-0.15, -0.1) is 16.4 Å². The van der Waals surface area contributed by atoms with Crippen LogP contribution in [0.5, 0.6) is 0 Å². The van der Waals surface area contributed by atoms with Gasteiger partial charge in [0.2, 0.25) is 0 Å². The first-order chi connectivity index (χ1) is 18.9.